The Morgan fingerprint density at radius 3 is 2.25 bits per heavy atom. The van der Waals surface area contributed by atoms with Crippen LogP contribution in [0.15, 0.2) is 36.9 Å². The maximum atomic E-state index is 3.97. The van der Waals surface area contributed by atoms with Crippen molar-refractivity contribution in [3.8, 4) is 0 Å². The van der Waals surface area contributed by atoms with E-state index in [2.05, 4.69) is 50.8 Å². The number of allylic oxidation sites excluding steroid dienone is 1. The summed E-state index contributed by atoms with van der Waals surface area (Å²) in [6.07, 6.45) is 7.35. The molecule has 0 atom stereocenters. The van der Waals surface area contributed by atoms with Gasteiger partial charge in [-0.05, 0) is 49.5 Å². The fraction of sp³-hybridized carbons (Fsp3) is 0.500. The van der Waals surface area contributed by atoms with Crippen molar-refractivity contribution in [3.63, 3.8) is 0 Å². The van der Waals surface area contributed by atoms with Crippen LogP contribution in [-0.2, 0) is 0 Å². The fourth-order valence-corrected chi connectivity index (χ4v) is 2.65. The molecule has 0 bridgehead atoms. The molecule has 1 aliphatic carbocycles. The quantitative estimate of drug-likeness (QED) is 0.618. The van der Waals surface area contributed by atoms with Crippen LogP contribution in [0.4, 0.5) is 0 Å². The summed E-state index contributed by atoms with van der Waals surface area (Å²) >= 11 is 0. The van der Waals surface area contributed by atoms with Crippen LogP contribution in [-0.4, -0.2) is 0 Å². The third-order valence-corrected chi connectivity index (χ3v) is 4.17. The van der Waals surface area contributed by atoms with Crippen molar-refractivity contribution >= 4 is 0 Å². The normalized spacial score (nSPS) is 30.0. The second-order valence-electron chi connectivity index (χ2n) is 5.54. The van der Waals surface area contributed by atoms with E-state index in [0.717, 1.165) is 5.92 Å². The van der Waals surface area contributed by atoms with E-state index in [1.807, 2.05) is 0 Å². The molecule has 0 radical (unpaired) electrons. The molecule has 86 valence electrons. The number of benzene rings is 1. The van der Waals surface area contributed by atoms with Crippen LogP contribution in [0.5, 0.6) is 0 Å². The van der Waals surface area contributed by atoms with Gasteiger partial charge in [-0.2, -0.15) is 0 Å². The maximum absolute atomic E-state index is 3.97. The molecule has 0 heterocycles. The minimum Gasteiger partial charge on any atom is -0.103 e. The maximum Gasteiger partial charge on any atom is -0.0149 e. The van der Waals surface area contributed by atoms with Crippen molar-refractivity contribution in [1.82, 2.24) is 0 Å². The molecule has 0 heteroatoms. The summed E-state index contributed by atoms with van der Waals surface area (Å²) in [5.74, 6) is 0.772. The molecule has 0 aliphatic heterocycles. The fourth-order valence-electron chi connectivity index (χ4n) is 2.65. The third kappa shape index (κ3) is 2.37. The number of hydrogen-bond acceptors (Lipinski definition) is 0. The van der Waals surface area contributed by atoms with Gasteiger partial charge in [0.15, 0.2) is 0 Å². The minimum atomic E-state index is 0.390. The zero-order chi connectivity index (χ0) is 11.6. The smallest absolute Gasteiger partial charge is 0.0149 e. The van der Waals surface area contributed by atoms with Gasteiger partial charge in [-0.15, -0.1) is 6.58 Å². The lowest BCUT2D eigenvalue weighted by Crippen LogP contribution is -2.21. The number of aryl methyl sites for hydroxylation is 1. The Balaban J connectivity index is 2.04. The molecule has 0 unspecified atom stereocenters. The molecule has 1 aromatic carbocycles. The lowest BCUT2D eigenvalue weighted by atomic mass is 9.70. The lowest BCUT2D eigenvalue weighted by Gasteiger charge is -2.35. The number of rotatable bonds is 2. The first-order chi connectivity index (χ1) is 7.63. The third-order valence-electron chi connectivity index (χ3n) is 4.17. The van der Waals surface area contributed by atoms with Crippen molar-refractivity contribution in [2.24, 2.45) is 5.41 Å². The number of hydrogen-bond donors (Lipinski definition) is 0. The Kier molecular flexibility index (Phi) is 3.18. The lowest BCUT2D eigenvalue weighted by molar-refractivity contribution is 0.262. The van der Waals surface area contributed by atoms with Crippen LogP contribution in [0.3, 0.4) is 0 Å². The molecule has 1 aliphatic rings. The molecule has 1 saturated carbocycles. The largest absolute Gasteiger partial charge is 0.103 e. The Hall–Kier alpha value is -1.04. The second kappa shape index (κ2) is 4.45. The van der Waals surface area contributed by atoms with Crippen LogP contribution < -0.4 is 0 Å². The van der Waals surface area contributed by atoms with Gasteiger partial charge in [0.2, 0.25) is 0 Å². The van der Waals surface area contributed by atoms with E-state index in [9.17, 15) is 0 Å². The first kappa shape index (κ1) is 11.4. The van der Waals surface area contributed by atoms with Crippen molar-refractivity contribution in [2.45, 2.75) is 45.4 Å². The first-order valence-electron chi connectivity index (χ1n) is 6.33. The summed E-state index contributed by atoms with van der Waals surface area (Å²) in [5, 5.41) is 0. The van der Waals surface area contributed by atoms with E-state index in [4.69, 9.17) is 0 Å². The van der Waals surface area contributed by atoms with E-state index in [0.29, 0.717) is 5.41 Å². The average Bonchev–Trinajstić information content (AvgIpc) is 2.32. The van der Waals surface area contributed by atoms with Gasteiger partial charge < -0.3 is 0 Å². The van der Waals surface area contributed by atoms with Gasteiger partial charge in [0.25, 0.3) is 0 Å². The van der Waals surface area contributed by atoms with Gasteiger partial charge in [0, 0.05) is 0 Å². The molecule has 0 aromatic heterocycles. The Bertz CT molecular complexity index is 350. The average molecular weight is 214 g/mol. The highest BCUT2D eigenvalue weighted by molar-refractivity contribution is 5.25. The molecule has 0 spiro atoms. The van der Waals surface area contributed by atoms with Crippen molar-refractivity contribution < 1.29 is 0 Å². The van der Waals surface area contributed by atoms with Crippen LogP contribution in [0.1, 0.15) is 49.7 Å². The van der Waals surface area contributed by atoms with Gasteiger partial charge >= 0.3 is 0 Å². The highest BCUT2D eigenvalue weighted by Crippen LogP contribution is 2.43. The summed E-state index contributed by atoms with van der Waals surface area (Å²) in [6, 6.07) is 9.07. The predicted octanol–water partition coefficient (Wildman–Crippen LogP) is 4.84. The highest BCUT2D eigenvalue weighted by Gasteiger charge is 2.28. The predicted molar refractivity (Wildman–Crippen MR) is 70.7 cm³/mol. The van der Waals surface area contributed by atoms with Crippen LogP contribution in [0.25, 0.3) is 0 Å². The van der Waals surface area contributed by atoms with E-state index in [1.165, 1.54) is 36.8 Å². The molecular weight excluding hydrogens is 192 g/mol. The SMILES string of the molecule is C=CC1(C)CCC(c2ccc(C)cc2)CC1. The van der Waals surface area contributed by atoms with Gasteiger partial charge in [-0.3, -0.25) is 0 Å². The van der Waals surface area contributed by atoms with Crippen molar-refractivity contribution in [1.29, 1.82) is 0 Å². The second-order valence-corrected chi connectivity index (χ2v) is 5.54. The summed E-state index contributed by atoms with van der Waals surface area (Å²) in [6.45, 7) is 8.46. The summed E-state index contributed by atoms with van der Waals surface area (Å²) < 4.78 is 0. The van der Waals surface area contributed by atoms with Gasteiger partial charge in [-0.25, -0.2) is 0 Å². The molecule has 0 N–H and O–H groups in total. The molecule has 0 nitrogen and oxygen atoms in total. The van der Waals surface area contributed by atoms with E-state index < -0.39 is 0 Å². The molecular formula is C16H22. The van der Waals surface area contributed by atoms with E-state index in [1.54, 1.807) is 0 Å². The summed E-state index contributed by atoms with van der Waals surface area (Å²) in [5.41, 5.74) is 3.27. The zero-order valence-electron chi connectivity index (χ0n) is 10.5. The molecule has 0 amide bonds. The molecule has 1 aromatic rings. The Labute approximate surface area is 99.4 Å². The zero-order valence-corrected chi connectivity index (χ0v) is 10.5. The Morgan fingerprint density at radius 2 is 1.75 bits per heavy atom. The Morgan fingerprint density at radius 1 is 1.19 bits per heavy atom. The first-order valence-corrected chi connectivity index (χ1v) is 6.33. The molecule has 1 fully saturated rings. The summed E-state index contributed by atoms with van der Waals surface area (Å²) in [4.78, 5) is 0. The molecule has 0 saturated heterocycles. The molecule has 16 heavy (non-hydrogen) atoms. The monoisotopic (exact) mass is 214 g/mol. The van der Waals surface area contributed by atoms with Gasteiger partial charge in [0.1, 0.15) is 0 Å². The highest BCUT2D eigenvalue weighted by atomic mass is 14.3. The van der Waals surface area contributed by atoms with Crippen LogP contribution in [0, 0.1) is 12.3 Å². The van der Waals surface area contributed by atoms with Gasteiger partial charge in [0.05, 0.1) is 0 Å². The molecule has 2 rings (SSSR count). The standard InChI is InChI=1S/C16H22/c1-4-16(3)11-9-15(10-12-16)14-7-5-13(2)6-8-14/h4-8,15H,1,9-12H2,2-3H3. The van der Waals surface area contributed by atoms with Crippen molar-refractivity contribution in [3.05, 3.63) is 48.0 Å². The van der Waals surface area contributed by atoms with Gasteiger partial charge in [-0.1, -0.05) is 42.8 Å². The van der Waals surface area contributed by atoms with E-state index >= 15 is 0 Å². The topological polar surface area (TPSA) is 0 Å². The minimum absolute atomic E-state index is 0.390. The van der Waals surface area contributed by atoms with Crippen molar-refractivity contribution in [2.75, 3.05) is 0 Å². The summed E-state index contributed by atoms with van der Waals surface area (Å²) in [7, 11) is 0. The van der Waals surface area contributed by atoms with E-state index in [-0.39, 0.29) is 0 Å². The van der Waals surface area contributed by atoms with Crippen LogP contribution in [0.2, 0.25) is 0 Å². The van der Waals surface area contributed by atoms with Crippen LogP contribution >= 0.6 is 0 Å².